The second-order valence-corrected chi connectivity index (χ2v) is 6.94. The third-order valence-electron chi connectivity index (χ3n) is 4.70. The van der Waals surface area contributed by atoms with E-state index in [-0.39, 0.29) is 11.9 Å². The normalized spacial score (nSPS) is 19.3. The Kier molecular flexibility index (Phi) is 5.46. The van der Waals surface area contributed by atoms with Crippen molar-refractivity contribution in [2.45, 2.75) is 44.8 Å². The number of amides is 1. The summed E-state index contributed by atoms with van der Waals surface area (Å²) in [4.78, 5) is 21.7. The van der Waals surface area contributed by atoms with E-state index >= 15 is 0 Å². The highest BCUT2D eigenvalue weighted by Gasteiger charge is 2.34. The number of hydrogen-bond acceptors (Lipinski definition) is 7. The van der Waals surface area contributed by atoms with Gasteiger partial charge in [0.25, 0.3) is 0 Å². The van der Waals surface area contributed by atoms with Crippen LogP contribution in [-0.2, 0) is 24.9 Å². The summed E-state index contributed by atoms with van der Waals surface area (Å²) in [5.41, 5.74) is 1.05. The molecule has 0 unspecified atom stereocenters. The van der Waals surface area contributed by atoms with Crippen LogP contribution in [0.5, 0.6) is 0 Å². The Hall–Kier alpha value is -2.55. The van der Waals surface area contributed by atoms with Crippen molar-refractivity contribution in [1.29, 1.82) is 0 Å². The first-order valence-electron chi connectivity index (χ1n) is 8.78. The van der Waals surface area contributed by atoms with Crippen LogP contribution in [0.1, 0.15) is 42.9 Å². The van der Waals surface area contributed by atoms with Gasteiger partial charge in [0.15, 0.2) is 0 Å². The van der Waals surface area contributed by atoms with Crippen molar-refractivity contribution in [3.63, 3.8) is 0 Å². The molecule has 0 aliphatic heterocycles. The average Bonchev–Trinajstić information content (AvgIpc) is 2.91. The zero-order valence-corrected chi connectivity index (χ0v) is 15.7. The molecular formula is C17H26N8O. The van der Waals surface area contributed by atoms with Gasteiger partial charge in [0.2, 0.25) is 11.9 Å². The largest absolute Gasteiger partial charge is 0.357 e. The quantitative estimate of drug-likeness (QED) is 0.750. The van der Waals surface area contributed by atoms with Crippen molar-refractivity contribution in [2.24, 2.45) is 7.05 Å². The van der Waals surface area contributed by atoms with Gasteiger partial charge in [0.1, 0.15) is 11.6 Å². The standard InChI is InChI=1S/C17H26N8O/c1-11(26)21-14-5-13(6-14)16-23-22-15(25(16)4)10-24(3)9-12-7-19-17(18-2)20-8-12/h7-8,13-14H,5-6,9-10H2,1-4H3,(H,21,26)(H,18,19,20). The predicted octanol–water partition coefficient (Wildman–Crippen LogP) is 0.661. The Bertz CT molecular complexity index is 751. The lowest BCUT2D eigenvalue weighted by molar-refractivity contribution is -0.120. The van der Waals surface area contributed by atoms with E-state index in [0.717, 1.165) is 36.6 Å². The van der Waals surface area contributed by atoms with Crippen LogP contribution in [0.25, 0.3) is 0 Å². The number of anilines is 1. The van der Waals surface area contributed by atoms with E-state index in [9.17, 15) is 4.79 Å². The smallest absolute Gasteiger partial charge is 0.222 e. The molecule has 140 valence electrons. The molecule has 26 heavy (non-hydrogen) atoms. The van der Waals surface area contributed by atoms with Crippen molar-refractivity contribution in [1.82, 2.24) is 34.9 Å². The summed E-state index contributed by atoms with van der Waals surface area (Å²) >= 11 is 0. The van der Waals surface area contributed by atoms with Crippen molar-refractivity contribution in [3.8, 4) is 0 Å². The molecule has 0 bridgehead atoms. The maximum absolute atomic E-state index is 11.1. The lowest BCUT2D eigenvalue weighted by Gasteiger charge is -2.34. The van der Waals surface area contributed by atoms with Gasteiger partial charge in [-0.05, 0) is 19.9 Å². The molecule has 1 saturated carbocycles. The van der Waals surface area contributed by atoms with Gasteiger partial charge in [-0.2, -0.15) is 0 Å². The topological polar surface area (TPSA) is 101 Å². The van der Waals surface area contributed by atoms with Crippen LogP contribution in [0.15, 0.2) is 12.4 Å². The van der Waals surface area contributed by atoms with Crippen molar-refractivity contribution < 1.29 is 4.79 Å². The summed E-state index contributed by atoms with van der Waals surface area (Å²) in [6, 6.07) is 0.265. The van der Waals surface area contributed by atoms with Crippen molar-refractivity contribution >= 4 is 11.9 Å². The monoisotopic (exact) mass is 358 g/mol. The van der Waals surface area contributed by atoms with Gasteiger partial charge in [-0.15, -0.1) is 10.2 Å². The van der Waals surface area contributed by atoms with E-state index in [2.05, 4.69) is 40.3 Å². The second-order valence-electron chi connectivity index (χ2n) is 6.94. The van der Waals surface area contributed by atoms with Crippen LogP contribution < -0.4 is 10.6 Å². The van der Waals surface area contributed by atoms with E-state index in [1.54, 1.807) is 14.0 Å². The molecule has 1 amide bonds. The molecule has 9 nitrogen and oxygen atoms in total. The van der Waals surface area contributed by atoms with Gasteiger partial charge < -0.3 is 15.2 Å². The van der Waals surface area contributed by atoms with E-state index in [0.29, 0.717) is 18.4 Å². The minimum Gasteiger partial charge on any atom is -0.357 e. The second kappa shape index (κ2) is 7.77. The highest BCUT2D eigenvalue weighted by Crippen LogP contribution is 2.35. The molecule has 0 atom stereocenters. The van der Waals surface area contributed by atoms with E-state index in [1.165, 1.54) is 0 Å². The van der Waals surface area contributed by atoms with Gasteiger partial charge in [0.05, 0.1) is 6.54 Å². The molecule has 9 heteroatoms. The number of carbonyl (C=O) groups excluding carboxylic acids is 1. The Morgan fingerprint density at radius 3 is 2.58 bits per heavy atom. The maximum atomic E-state index is 11.1. The molecule has 2 N–H and O–H groups in total. The first kappa shape index (κ1) is 18.2. The van der Waals surface area contributed by atoms with Crippen LogP contribution in [0.3, 0.4) is 0 Å². The summed E-state index contributed by atoms with van der Waals surface area (Å²) in [5, 5.41) is 14.6. The lowest BCUT2D eigenvalue weighted by atomic mass is 9.79. The molecule has 1 aliphatic carbocycles. The molecule has 0 radical (unpaired) electrons. The Morgan fingerprint density at radius 2 is 1.96 bits per heavy atom. The first-order valence-corrected chi connectivity index (χ1v) is 8.78. The first-order chi connectivity index (χ1) is 12.5. The van der Waals surface area contributed by atoms with E-state index in [4.69, 9.17) is 0 Å². The maximum Gasteiger partial charge on any atom is 0.222 e. The Morgan fingerprint density at radius 1 is 1.27 bits per heavy atom. The Balaban J connectivity index is 1.55. The fraction of sp³-hybridized carbons (Fsp3) is 0.588. The molecule has 2 aromatic rings. The lowest BCUT2D eigenvalue weighted by Crippen LogP contribution is -2.43. The third kappa shape index (κ3) is 4.16. The fourth-order valence-corrected chi connectivity index (χ4v) is 3.28. The highest BCUT2D eigenvalue weighted by atomic mass is 16.1. The summed E-state index contributed by atoms with van der Waals surface area (Å²) in [5.74, 6) is 2.94. The van der Waals surface area contributed by atoms with Gasteiger partial charge in [-0.1, -0.05) is 0 Å². The number of nitrogens with one attached hydrogen (secondary N) is 2. The molecule has 0 aromatic carbocycles. The predicted molar refractivity (Wildman–Crippen MR) is 97.3 cm³/mol. The van der Waals surface area contributed by atoms with Crippen molar-refractivity contribution in [3.05, 3.63) is 29.6 Å². The minimum absolute atomic E-state index is 0.0282. The minimum atomic E-state index is 0.0282. The molecule has 0 spiro atoms. The zero-order valence-electron chi connectivity index (χ0n) is 15.7. The molecule has 2 aromatic heterocycles. The van der Waals surface area contributed by atoms with E-state index < -0.39 is 0 Å². The highest BCUT2D eigenvalue weighted by molar-refractivity contribution is 5.73. The fourth-order valence-electron chi connectivity index (χ4n) is 3.28. The van der Waals surface area contributed by atoms with Crippen LogP contribution in [0.2, 0.25) is 0 Å². The Labute approximate surface area is 153 Å². The third-order valence-corrected chi connectivity index (χ3v) is 4.70. The van der Waals surface area contributed by atoms with Crippen LogP contribution in [-0.4, -0.2) is 55.7 Å². The number of nitrogens with zero attached hydrogens (tertiary/aromatic N) is 6. The van der Waals surface area contributed by atoms with Crippen LogP contribution in [0, 0.1) is 0 Å². The summed E-state index contributed by atoms with van der Waals surface area (Å²) in [7, 11) is 5.85. The SMILES string of the molecule is CNc1ncc(CN(C)Cc2nnc(C3CC(NC(C)=O)C3)n2C)cn1. The number of carbonyl (C=O) groups is 1. The molecule has 1 aliphatic rings. The number of aromatic nitrogens is 5. The molecule has 3 rings (SSSR count). The van der Waals surface area contributed by atoms with Gasteiger partial charge in [-0.25, -0.2) is 9.97 Å². The molecular weight excluding hydrogens is 332 g/mol. The average molecular weight is 358 g/mol. The summed E-state index contributed by atoms with van der Waals surface area (Å²) in [6.07, 6.45) is 5.51. The number of hydrogen-bond donors (Lipinski definition) is 2. The molecule has 1 fully saturated rings. The van der Waals surface area contributed by atoms with Crippen molar-refractivity contribution in [2.75, 3.05) is 19.4 Å². The number of rotatable bonds is 7. The van der Waals surface area contributed by atoms with Gasteiger partial charge in [-0.3, -0.25) is 9.69 Å². The van der Waals surface area contributed by atoms with Gasteiger partial charge in [0, 0.05) is 57.5 Å². The zero-order chi connectivity index (χ0) is 18.7. The molecule has 2 heterocycles. The van der Waals surface area contributed by atoms with E-state index in [1.807, 2.05) is 26.5 Å². The van der Waals surface area contributed by atoms with Gasteiger partial charge >= 0.3 is 0 Å². The van der Waals surface area contributed by atoms with Crippen LogP contribution in [0.4, 0.5) is 5.95 Å². The van der Waals surface area contributed by atoms with Crippen LogP contribution >= 0.6 is 0 Å². The molecule has 0 saturated heterocycles. The summed E-state index contributed by atoms with van der Waals surface area (Å²) in [6.45, 7) is 2.99. The summed E-state index contributed by atoms with van der Waals surface area (Å²) < 4.78 is 2.08.